The number of aliphatic imine (C=N–C) groups is 1. The summed E-state index contributed by atoms with van der Waals surface area (Å²) in [6.45, 7) is 10.1. The molecule has 2 aromatic rings. The van der Waals surface area contributed by atoms with Crippen molar-refractivity contribution in [1.82, 2.24) is 4.90 Å². The van der Waals surface area contributed by atoms with Crippen LogP contribution in [0.5, 0.6) is 0 Å². The van der Waals surface area contributed by atoms with Gasteiger partial charge in [0.15, 0.2) is 5.96 Å². The third kappa shape index (κ3) is 4.12. The number of hydrogen-bond donors (Lipinski definition) is 1. The van der Waals surface area contributed by atoms with E-state index in [4.69, 9.17) is 12.2 Å². The molecule has 4 heteroatoms. The number of aryl methyl sites for hydroxylation is 1. The van der Waals surface area contributed by atoms with E-state index in [1.165, 1.54) is 15.3 Å². The summed E-state index contributed by atoms with van der Waals surface area (Å²) in [6, 6.07) is 10.5. The molecule has 0 spiro atoms. The summed E-state index contributed by atoms with van der Waals surface area (Å²) >= 11 is 1.73. The van der Waals surface area contributed by atoms with Crippen molar-refractivity contribution in [3.63, 3.8) is 0 Å². The van der Waals surface area contributed by atoms with Crippen LogP contribution in [0.2, 0.25) is 0 Å². The van der Waals surface area contributed by atoms with Gasteiger partial charge >= 0.3 is 0 Å². The average Bonchev–Trinajstić information content (AvgIpc) is 3.10. The van der Waals surface area contributed by atoms with Crippen molar-refractivity contribution in [2.45, 2.75) is 33.2 Å². The molecule has 2 heterocycles. The van der Waals surface area contributed by atoms with Gasteiger partial charge in [0.2, 0.25) is 0 Å². The standard InChI is InChI=1S/C19H19N3S.C2H6/c1-5-14-8-12(2)9-15(11-14)17-6-7-18(23-17)16-10-13(3)22(4)19(20)21-16;1-2/h1,6-9,11,16H,3,10H2,2,4H3,(H2,20,21);1-2H3. The van der Waals surface area contributed by atoms with Crippen molar-refractivity contribution in [3.05, 3.63) is 58.6 Å². The van der Waals surface area contributed by atoms with Crippen molar-refractivity contribution in [3.8, 4) is 22.8 Å². The highest BCUT2D eigenvalue weighted by Crippen LogP contribution is 2.37. The number of benzene rings is 1. The van der Waals surface area contributed by atoms with Crippen LogP contribution in [0.15, 0.2) is 47.6 Å². The van der Waals surface area contributed by atoms with E-state index in [2.05, 4.69) is 42.6 Å². The van der Waals surface area contributed by atoms with Gasteiger partial charge in [-0.15, -0.1) is 17.8 Å². The summed E-state index contributed by atoms with van der Waals surface area (Å²) in [4.78, 5) is 8.81. The lowest BCUT2D eigenvalue weighted by atomic mass is 10.1. The second-order valence-corrected chi connectivity index (χ2v) is 6.88. The Labute approximate surface area is 154 Å². The van der Waals surface area contributed by atoms with Gasteiger partial charge in [-0.25, -0.2) is 4.99 Å². The topological polar surface area (TPSA) is 41.6 Å². The van der Waals surface area contributed by atoms with E-state index in [9.17, 15) is 0 Å². The molecule has 3 rings (SSSR count). The summed E-state index contributed by atoms with van der Waals surface area (Å²) in [6.07, 6.45) is 6.33. The van der Waals surface area contributed by atoms with Crippen LogP contribution in [0.1, 0.15) is 42.3 Å². The monoisotopic (exact) mass is 351 g/mol. The van der Waals surface area contributed by atoms with Crippen LogP contribution in [-0.4, -0.2) is 17.9 Å². The molecule has 1 atom stereocenters. The first kappa shape index (κ1) is 18.8. The molecule has 0 saturated carbocycles. The number of guanidine groups is 1. The van der Waals surface area contributed by atoms with Gasteiger partial charge in [-0.3, -0.25) is 0 Å². The van der Waals surface area contributed by atoms with Crippen LogP contribution in [0.3, 0.4) is 0 Å². The van der Waals surface area contributed by atoms with Gasteiger partial charge < -0.3 is 10.6 Å². The molecule has 1 aromatic heterocycles. The largest absolute Gasteiger partial charge is 0.370 e. The number of terminal acetylenes is 1. The third-order valence-electron chi connectivity index (χ3n) is 4.02. The zero-order chi connectivity index (χ0) is 18.6. The Morgan fingerprint density at radius 1 is 1.32 bits per heavy atom. The number of nitrogens with zero attached hydrogens (tertiary/aromatic N) is 2. The number of thiophene rings is 1. The van der Waals surface area contributed by atoms with Gasteiger partial charge in [0, 0.05) is 34.5 Å². The Hall–Kier alpha value is -2.51. The molecule has 1 aliphatic rings. The zero-order valence-electron chi connectivity index (χ0n) is 15.3. The number of nitrogens with two attached hydrogens (primary N) is 1. The van der Waals surface area contributed by atoms with Crippen LogP contribution in [-0.2, 0) is 0 Å². The lowest BCUT2D eigenvalue weighted by molar-refractivity contribution is 0.508. The molecule has 0 bridgehead atoms. The molecule has 3 nitrogen and oxygen atoms in total. The molecule has 25 heavy (non-hydrogen) atoms. The maximum atomic E-state index is 5.97. The fourth-order valence-corrected chi connectivity index (χ4v) is 3.71. The maximum absolute atomic E-state index is 5.97. The molecule has 0 fully saturated rings. The normalized spacial score (nSPS) is 16.6. The van der Waals surface area contributed by atoms with E-state index in [-0.39, 0.29) is 6.04 Å². The van der Waals surface area contributed by atoms with Gasteiger partial charge in [-0.2, -0.15) is 0 Å². The van der Waals surface area contributed by atoms with Gasteiger partial charge in [-0.1, -0.05) is 32.4 Å². The molecule has 1 unspecified atom stereocenters. The molecule has 0 radical (unpaired) electrons. The first-order valence-electron chi connectivity index (χ1n) is 8.41. The van der Waals surface area contributed by atoms with Crippen molar-refractivity contribution in [2.75, 3.05) is 7.05 Å². The first-order chi connectivity index (χ1) is 12.0. The Kier molecular flexibility index (Phi) is 6.06. The molecule has 0 saturated heterocycles. The lowest BCUT2D eigenvalue weighted by Gasteiger charge is -2.28. The number of hydrogen-bond acceptors (Lipinski definition) is 4. The fourth-order valence-electron chi connectivity index (χ4n) is 2.67. The Bertz CT molecular complexity index is 839. The molecule has 1 aliphatic heterocycles. The van der Waals surface area contributed by atoms with E-state index in [1.807, 2.05) is 37.9 Å². The van der Waals surface area contributed by atoms with Gasteiger partial charge in [0.25, 0.3) is 0 Å². The van der Waals surface area contributed by atoms with E-state index >= 15 is 0 Å². The second kappa shape index (κ2) is 8.04. The highest BCUT2D eigenvalue weighted by Gasteiger charge is 2.23. The van der Waals surface area contributed by atoms with Gasteiger partial charge in [0.05, 0.1) is 6.04 Å². The summed E-state index contributed by atoms with van der Waals surface area (Å²) in [5.41, 5.74) is 10.2. The lowest BCUT2D eigenvalue weighted by Crippen LogP contribution is -2.36. The number of rotatable bonds is 2. The van der Waals surface area contributed by atoms with Crippen molar-refractivity contribution < 1.29 is 0 Å². The molecular weight excluding hydrogens is 326 g/mol. The zero-order valence-corrected chi connectivity index (χ0v) is 16.2. The van der Waals surface area contributed by atoms with E-state index in [0.29, 0.717) is 5.96 Å². The first-order valence-corrected chi connectivity index (χ1v) is 9.23. The predicted octanol–water partition coefficient (Wildman–Crippen LogP) is 4.94. The van der Waals surface area contributed by atoms with E-state index in [0.717, 1.165) is 23.2 Å². The summed E-state index contributed by atoms with van der Waals surface area (Å²) in [7, 11) is 1.89. The third-order valence-corrected chi connectivity index (χ3v) is 5.25. The Morgan fingerprint density at radius 2 is 2.04 bits per heavy atom. The molecule has 0 aliphatic carbocycles. The van der Waals surface area contributed by atoms with Crippen molar-refractivity contribution in [1.29, 1.82) is 0 Å². The highest BCUT2D eigenvalue weighted by atomic mass is 32.1. The average molecular weight is 352 g/mol. The van der Waals surface area contributed by atoms with Crippen LogP contribution in [0.25, 0.3) is 10.4 Å². The van der Waals surface area contributed by atoms with Crippen LogP contribution >= 0.6 is 11.3 Å². The second-order valence-electron chi connectivity index (χ2n) is 5.77. The SMILES string of the molecule is C#Cc1cc(C)cc(-c2ccc(C3CC(=C)N(C)C(N)=N3)s2)c1.CC. The molecular formula is C21H25N3S. The van der Waals surface area contributed by atoms with Gasteiger partial charge in [-0.05, 0) is 42.3 Å². The Balaban J connectivity index is 0.00000109. The highest BCUT2D eigenvalue weighted by molar-refractivity contribution is 7.15. The maximum Gasteiger partial charge on any atom is 0.195 e. The minimum atomic E-state index is 0.0503. The van der Waals surface area contributed by atoms with Crippen LogP contribution in [0, 0.1) is 19.3 Å². The van der Waals surface area contributed by atoms with Crippen molar-refractivity contribution >= 4 is 17.3 Å². The minimum Gasteiger partial charge on any atom is -0.370 e. The predicted molar refractivity (Wildman–Crippen MR) is 110 cm³/mol. The summed E-state index contributed by atoms with van der Waals surface area (Å²) < 4.78 is 0. The molecule has 2 N–H and O–H groups in total. The van der Waals surface area contributed by atoms with Crippen LogP contribution < -0.4 is 5.73 Å². The molecule has 130 valence electrons. The molecule has 1 aromatic carbocycles. The van der Waals surface area contributed by atoms with Crippen molar-refractivity contribution in [2.24, 2.45) is 10.7 Å². The van der Waals surface area contributed by atoms with Crippen LogP contribution in [0.4, 0.5) is 0 Å². The van der Waals surface area contributed by atoms with E-state index in [1.54, 1.807) is 11.3 Å². The van der Waals surface area contributed by atoms with Gasteiger partial charge in [0.1, 0.15) is 0 Å². The minimum absolute atomic E-state index is 0.0503. The molecule has 0 amide bonds. The quantitative estimate of drug-likeness (QED) is 0.779. The Morgan fingerprint density at radius 3 is 2.68 bits per heavy atom. The smallest absolute Gasteiger partial charge is 0.195 e. The van der Waals surface area contributed by atoms with E-state index < -0.39 is 0 Å². The fraction of sp³-hybridized carbons (Fsp3) is 0.286. The summed E-state index contributed by atoms with van der Waals surface area (Å²) in [5, 5.41) is 0. The summed E-state index contributed by atoms with van der Waals surface area (Å²) in [5.74, 6) is 3.23.